The normalized spacial score (nSPS) is 24.7. The molecule has 2 fully saturated rings. The first-order valence-electron chi connectivity index (χ1n) is 13.1. The number of carbonyl (C=O) groups excluding carboxylic acids is 3. The van der Waals surface area contributed by atoms with Crippen molar-refractivity contribution in [1.29, 1.82) is 0 Å². The van der Waals surface area contributed by atoms with Crippen LogP contribution in [-0.2, 0) is 25.5 Å². The van der Waals surface area contributed by atoms with Crippen LogP contribution in [0.3, 0.4) is 0 Å². The van der Waals surface area contributed by atoms with Gasteiger partial charge in [-0.05, 0) is 56.8 Å². The fourth-order valence-electron chi connectivity index (χ4n) is 4.58. The molecule has 2 aliphatic rings. The summed E-state index contributed by atoms with van der Waals surface area (Å²) in [5.74, 6) is 2.50. The van der Waals surface area contributed by atoms with Gasteiger partial charge in [-0.3, -0.25) is 14.4 Å². The van der Waals surface area contributed by atoms with Crippen LogP contribution in [0.5, 0.6) is 5.75 Å². The molecule has 8 heteroatoms. The summed E-state index contributed by atoms with van der Waals surface area (Å²) < 4.78 is 10.6. The van der Waals surface area contributed by atoms with Gasteiger partial charge >= 0.3 is 0 Å². The number of hydrogen-bond acceptors (Lipinski definition) is 6. The summed E-state index contributed by atoms with van der Waals surface area (Å²) >= 11 is 0. The fraction of sp³-hybridized carbons (Fsp3) is 0.500. The van der Waals surface area contributed by atoms with Crippen molar-refractivity contribution >= 4 is 17.6 Å². The summed E-state index contributed by atoms with van der Waals surface area (Å²) in [6.45, 7) is 6.63. The number of ether oxygens (including phenoxy) is 2. The smallest absolute Gasteiger partial charge is 0.243 e. The van der Waals surface area contributed by atoms with Crippen LogP contribution in [0.2, 0.25) is 0 Å². The summed E-state index contributed by atoms with van der Waals surface area (Å²) in [4.78, 5) is 40.2. The van der Waals surface area contributed by atoms with Crippen LogP contribution >= 0.6 is 0 Å². The number of rotatable bonds is 12. The minimum atomic E-state index is -0.950. The Morgan fingerprint density at radius 3 is 2.55 bits per heavy atom. The van der Waals surface area contributed by atoms with Crippen molar-refractivity contribution in [2.75, 3.05) is 20.3 Å². The molecular formula is C30H39N3O5. The second kappa shape index (κ2) is 13.4. The van der Waals surface area contributed by atoms with E-state index in [0.717, 1.165) is 24.9 Å². The molecule has 5 atom stereocenters. The first-order chi connectivity index (χ1) is 18.2. The highest BCUT2D eigenvalue weighted by Gasteiger charge is 2.50. The number of Topliss-reactive ketones (excluding diaryl/α,β-unsaturated/α-hetero) is 1. The Kier molecular flexibility index (Phi) is 10.3. The van der Waals surface area contributed by atoms with Crippen LogP contribution in [0.25, 0.3) is 0 Å². The van der Waals surface area contributed by atoms with Crippen LogP contribution in [-0.4, -0.2) is 61.6 Å². The third-order valence-electron chi connectivity index (χ3n) is 7.11. The number of amides is 2. The predicted octanol–water partition coefficient (Wildman–Crippen LogP) is 2.48. The van der Waals surface area contributed by atoms with E-state index in [9.17, 15) is 14.4 Å². The van der Waals surface area contributed by atoms with Gasteiger partial charge in [-0.1, -0.05) is 43.2 Å². The number of epoxide rings is 1. The molecule has 5 unspecified atom stereocenters. The molecule has 1 aromatic rings. The number of benzene rings is 1. The molecule has 2 amide bonds. The second-order valence-corrected chi connectivity index (χ2v) is 10.2. The van der Waals surface area contributed by atoms with Crippen LogP contribution in [0.4, 0.5) is 0 Å². The average molecular weight is 522 g/mol. The number of nitrogens with one attached hydrogen (secondary N) is 3. The van der Waals surface area contributed by atoms with Crippen molar-refractivity contribution in [2.45, 2.75) is 70.2 Å². The van der Waals surface area contributed by atoms with Crippen LogP contribution < -0.4 is 20.7 Å². The average Bonchev–Trinajstić information content (AvgIpc) is 3.68. The van der Waals surface area contributed by atoms with E-state index in [-0.39, 0.29) is 36.5 Å². The molecule has 1 aromatic carbocycles. The van der Waals surface area contributed by atoms with Gasteiger partial charge in [-0.15, -0.1) is 6.42 Å². The Labute approximate surface area is 225 Å². The van der Waals surface area contributed by atoms with Crippen molar-refractivity contribution in [3.05, 3.63) is 53.6 Å². The lowest BCUT2D eigenvalue weighted by atomic mass is 9.91. The highest BCUT2D eigenvalue weighted by atomic mass is 16.6. The van der Waals surface area contributed by atoms with Gasteiger partial charge in [0.1, 0.15) is 17.4 Å². The van der Waals surface area contributed by atoms with Crippen molar-refractivity contribution < 1.29 is 23.9 Å². The summed E-state index contributed by atoms with van der Waals surface area (Å²) in [5, 5.41) is 9.08. The molecule has 3 N–H and O–H groups in total. The molecule has 0 radical (unpaired) electrons. The van der Waals surface area contributed by atoms with Gasteiger partial charge in [-0.2, -0.15) is 0 Å². The van der Waals surface area contributed by atoms with Gasteiger partial charge in [0.15, 0.2) is 5.78 Å². The Hall–Kier alpha value is -3.41. The maximum absolute atomic E-state index is 13.7. The van der Waals surface area contributed by atoms with Crippen LogP contribution in [0.15, 0.2) is 48.1 Å². The van der Waals surface area contributed by atoms with Gasteiger partial charge in [0.25, 0.3) is 0 Å². The molecule has 0 aliphatic carbocycles. The van der Waals surface area contributed by atoms with E-state index in [1.54, 1.807) is 38.3 Å². The zero-order valence-electron chi connectivity index (χ0n) is 22.7. The number of ketones is 1. The molecule has 38 heavy (non-hydrogen) atoms. The van der Waals surface area contributed by atoms with Crippen molar-refractivity contribution in [1.82, 2.24) is 16.0 Å². The van der Waals surface area contributed by atoms with Crippen molar-refractivity contribution in [2.24, 2.45) is 5.92 Å². The summed E-state index contributed by atoms with van der Waals surface area (Å²) in [6, 6.07) is 5.13. The van der Waals surface area contributed by atoms with Gasteiger partial charge in [0.2, 0.25) is 11.8 Å². The lowest BCUT2D eigenvalue weighted by Gasteiger charge is -2.31. The standard InChI is InChI=1S/C30H39N3O5/c1-6-8-11-21(7-2)17-24(27(34)30(4)19-38-30)32-28(35)25(18-22-12-14-23(37-5)15-13-22)33-29(36)26-20(3)10-9-16-31-26/h2,6,8,11-15,20,24-26,31H,9-10,16-19H2,1,3-5H3,(H,32,35)(H,33,36). The molecule has 0 spiro atoms. The molecule has 0 saturated carbocycles. The number of methoxy groups -OCH3 is 1. The zero-order chi connectivity index (χ0) is 27.7. The third-order valence-corrected chi connectivity index (χ3v) is 7.11. The highest BCUT2D eigenvalue weighted by molar-refractivity contribution is 5.98. The lowest BCUT2D eigenvalue weighted by molar-refractivity contribution is -0.133. The Morgan fingerprint density at radius 2 is 1.97 bits per heavy atom. The van der Waals surface area contributed by atoms with E-state index in [1.807, 2.05) is 32.1 Å². The topological polar surface area (TPSA) is 109 Å². The summed E-state index contributed by atoms with van der Waals surface area (Å²) in [6.07, 6.45) is 13.4. The third kappa shape index (κ3) is 7.80. The molecule has 2 saturated heterocycles. The SMILES string of the molecule is C#CC(=CC=CC)CC(NC(=O)C(Cc1ccc(OC)cc1)NC(=O)C1NCCCC1C)C(=O)C1(C)CO1. The number of piperidine rings is 1. The maximum atomic E-state index is 13.7. The molecule has 0 aromatic heterocycles. The quantitative estimate of drug-likeness (QED) is 0.222. The zero-order valence-corrected chi connectivity index (χ0v) is 22.7. The molecule has 2 heterocycles. The van der Waals surface area contributed by atoms with Gasteiger partial charge in [-0.25, -0.2) is 0 Å². The number of carbonyl (C=O) groups is 3. The van der Waals surface area contributed by atoms with E-state index in [2.05, 4.69) is 21.9 Å². The Bertz CT molecular complexity index is 1100. The monoisotopic (exact) mass is 521 g/mol. The minimum absolute atomic E-state index is 0.143. The first-order valence-corrected chi connectivity index (χ1v) is 13.1. The molecule has 2 aliphatic heterocycles. The fourth-order valence-corrected chi connectivity index (χ4v) is 4.58. The van der Waals surface area contributed by atoms with Crippen LogP contribution in [0, 0.1) is 18.3 Å². The molecule has 204 valence electrons. The second-order valence-electron chi connectivity index (χ2n) is 10.2. The summed E-state index contributed by atoms with van der Waals surface area (Å²) in [5.41, 5.74) is 0.463. The first kappa shape index (κ1) is 29.2. The molecule has 3 rings (SSSR count). The molecule has 8 nitrogen and oxygen atoms in total. The Balaban J connectivity index is 1.84. The Morgan fingerprint density at radius 1 is 1.26 bits per heavy atom. The van der Waals surface area contributed by atoms with Crippen molar-refractivity contribution in [3.8, 4) is 18.1 Å². The van der Waals surface area contributed by atoms with Crippen LogP contribution in [0.1, 0.15) is 45.6 Å². The number of allylic oxidation sites excluding steroid dienone is 3. The highest BCUT2D eigenvalue weighted by Crippen LogP contribution is 2.30. The lowest BCUT2D eigenvalue weighted by Crippen LogP contribution is -2.58. The minimum Gasteiger partial charge on any atom is -0.497 e. The van der Waals surface area contributed by atoms with E-state index < -0.39 is 23.6 Å². The van der Waals surface area contributed by atoms with E-state index >= 15 is 0 Å². The van der Waals surface area contributed by atoms with E-state index in [1.165, 1.54) is 0 Å². The van der Waals surface area contributed by atoms with Gasteiger partial charge < -0.3 is 25.4 Å². The van der Waals surface area contributed by atoms with E-state index in [0.29, 0.717) is 17.9 Å². The molecule has 0 bridgehead atoms. The summed E-state index contributed by atoms with van der Waals surface area (Å²) in [7, 11) is 1.58. The van der Waals surface area contributed by atoms with Gasteiger partial charge in [0.05, 0.1) is 25.8 Å². The number of hydrogen-bond donors (Lipinski definition) is 3. The van der Waals surface area contributed by atoms with Gasteiger partial charge in [0, 0.05) is 18.4 Å². The van der Waals surface area contributed by atoms with E-state index in [4.69, 9.17) is 15.9 Å². The molecular weight excluding hydrogens is 482 g/mol. The largest absolute Gasteiger partial charge is 0.497 e. The van der Waals surface area contributed by atoms with Crippen molar-refractivity contribution in [3.63, 3.8) is 0 Å². The predicted molar refractivity (Wildman–Crippen MR) is 146 cm³/mol. The maximum Gasteiger partial charge on any atom is 0.243 e. The number of terminal acetylenes is 1.